The van der Waals surface area contributed by atoms with Gasteiger partial charge in [0.05, 0.1) is 23.5 Å². The Kier molecular flexibility index (Phi) is 5.06. The average Bonchev–Trinajstić information content (AvgIpc) is 3.22. The summed E-state index contributed by atoms with van der Waals surface area (Å²) in [7, 11) is -3.06. The minimum atomic E-state index is -3.06. The second-order valence-corrected chi connectivity index (χ2v) is 9.36. The van der Waals surface area contributed by atoms with E-state index in [0.29, 0.717) is 6.42 Å². The number of sulfone groups is 1. The number of benzene rings is 1. The SMILES string of the molecule is CCc1ccc(C(NC(=O)C2CCS(=O)(=O)C2)c2cccs2)cc1. The molecule has 1 saturated heterocycles. The smallest absolute Gasteiger partial charge is 0.224 e. The molecule has 0 saturated carbocycles. The van der Waals surface area contributed by atoms with Crippen molar-refractivity contribution in [2.24, 2.45) is 5.92 Å². The van der Waals surface area contributed by atoms with Gasteiger partial charge in [-0.2, -0.15) is 0 Å². The van der Waals surface area contributed by atoms with E-state index in [4.69, 9.17) is 0 Å². The van der Waals surface area contributed by atoms with E-state index in [-0.39, 0.29) is 23.5 Å². The van der Waals surface area contributed by atoms with Gasteiger partial charge in [0.2, 0.25) is 5.91 Å². The Labute approximate surface area is 146 Å². The highest BCUT2D eigenvalue weighted by Crippen LogP contribution is 2.28. The first kappa shape index (κ1) is 17.2. The minimum absolute atomic E-state index is 0.0369. The molecule has 1 N–H and O–H groups in total. The fourth-order valence-corrected chi connectivity index (χ4v) is 5.53. The van der Waals surface area contributed by atoms with Crippen LogP contribution in [-0.4, -0.2) is 25.8 Å². The molecule has 0 radical (unpaired) electrons. The van der Waals surface area contributed by atoms with Gasteiger partial charge in [-0.1, -0.05) is 37.3 Å². The van der Waals surface area contributed by atoms with Gasteiger partial charge >= 0.3 is 0 Å². The van der Waals surface area contributed by atoms with Crippen molar-refractivity contribution in [2.75, 3.05) is 11.5 Å². The van der Waals surface area contributed by atoms with Crippen LogP contribution in [0.15, 0.2) is 41.8 Å². The lowest BCUT2D eigenvalue weighted by atomic mass is 10.0. The first-order chi connectivity index (χ1) is 11.5. The van der Waals surface area contributed by atoms with Crippen LogP contribution in [0.3, 0.4) is 0 Å². The number of hydrogen-bond acceptors (Lipinski definition) is 4. The fraction of sp³-hybridized carbons (Fsp3) is 0.389. The van der Waals surface area contributed by atoms with Crippen molar-refractivity contribution >= 4 is 27.1 Å². The Morgan fingerprint density at radius 3 is 2.58 bits per heavy atom. The summed E-state index contributed by atoms with van der Waals surface area (Å²) in [5.41, 5.74) is 2.26. The van der Waals surface area contributed by atoms with Gasteiger partial charge in [0.25, 0.3) is 0 Å². The number of nitrogens with one attached hydrogen (secondary N) is 1. The molecule has 24 heavy (non-hydrogen) atoms. The molecule has 1 amide bonds. The first-order valence-corrected chi connectivity index (χ1v) is 10.8. The van der Waals surface area contributed by atoms with Crippen molar-refractivity contribution < 1.29 is 13.2 Å². The van der Waals surface area contributed by atoms with E-state index in [9.17, 15) is 13.2 Å². The highest BCUT2D eigenvalue weighted by Gasteiger charge is 2.34. The van der Waals surface area contributed by atoms with E-state index in [1.165, 1.54) is 5.56 Å². The maximum atomic E-state index is 12.6. The van der Waals surface area contributed by atoms with E-state index >= 15 is 0 Å². The monoisotopic (exact) mass is 363 g/mol. The number of amides is 1. The predicted octanol–water partition coefficient (Wildman–Crippen LogP) is 2.95. The lowest BCUT2D eigenvalue weighted by Crippen LogP contribution is -2.34. The third-order valence-electron chi connectivity index (χ3n) is 4.44. The van der Waals surface area contributed by atoms with Crippen molar-refractivity contribution in [3.05, 3.63) is 57.8 Å². The van der Waals surface area contributed by atoms with Crippen LogP contribution in [0.25, 0.3) is 0 Å². The molecule has 4 nitrogen and oxygen atoms in total. The van der Waals surface area contributed by atoms with E-state index < -0.39 is 15.8 Å². The summed E-state index contributed by atoms with van der Waals surface area (Å²) in [6, 6.07) is 11.9. The molecule has 1 fully saturated rings. The summed E-state index contributed by atoms with van der Waals surface area (Å²) in [5.74, 6) is -0.536. The van der Waals surface area contributed by atoms with Gasteiger partial charge in [-0.3, -0.25) is 4.79 Å². The van der Waals surface area contributed by atoms with Crippen LogP contribution >= 0.6 is 11.3 Å². The number of thiophene rings is 1. The van der Waals surface area contributed by atoms with E-state index in [0.717, 1.165) is 16.9 Å². The third-order valence-corrected chi connectivity index (χ3v) is 7.14. The summed E-state index contributed by atoms with van der Waals surface area (Å²) < 4.78 is 23.2. The minimum Gasteiger partial charge on any atom is -0.344 e. The van der Waals surface area contributed by atoms with Gasteiger partial charge in [0, 0.05) is 4.88 Å². The lowest BCUT2D eigenvalue weighted by molar-refractivity contribution is -0.124. The maximum absolute atomic E-state index is 12.6. The standard InChI is InChI=1S/C18H21NO3S2/c1-2-13-5-7-14(8-6-13)17(16-4-3-10-23-16)19-18(20)15-9-11-24(21,22)12-15/h3-8,10,15,17H,2,9,11-12H2,1H3,(H,19,20). The molecule has 6 heteroatoms. The summed E-state index contributed by atoms with van der Waals surface area (Å²) in [5, 5.41) is 5.04. The zero-order valence-electron chi connectivity index (χ0n) is 13.6. The van der Waals surface area contributed by atoms with Crippen LogP contribution in [0.2, 0.25) is 0 Å². The van der Waals surface area contributed by atoms with Crippen molar-refractivity contribution in [1.29, 1.82) is 0 Å². The largest absolute Gasteiger partial charge is 0.344 e. The maximum Gasteiger partial charge on any atom is 0.224 e. The number of carbonyl (C=O) groups is 1. The Hall–Kier alpha value is -1.66. The number of aryl methyl sites for hydroxylation is 1. The van der Waals surface area contributed by atoms with Gasteiger partial charge in [-0.25, -0.2) is 8.42 Å². The molecule has 3 rings (SSSR count). The summed E-state index contributed by atoms with van der Waals surface area (Å²) >= 11 is 1.59. The predicted molar refractivity (Wildman–Crippen MR) is 96.9 cm³/mol. The molecule has 0 spiro atoms. The van der Waals surface area contributed by atoms with Crippen LogP contribution in [-0.2, 0) is 21.1 Å². The van der Waals surface area contributed by atoms with Gasteiger partial charge in [-0.15, -0.1) is 11.3 Å². The lowest BCUT2D eigenvalue weighted by Gasteiger charge is -2.20. The Balaban J connectivity index is 1.82. The molecule has 0 aliphatic carbocycles. The van der Waals surface area contributed by atoms with Crippen molar-refractivity contribution in [3.8, 4) is 0 Å². The van der Waals surface area contributed by atoms with Gasteiger partial charge in [0.1, 0.15) is 0 Å². The third kappa shape index (κ3) is 3.87. The van der Waals surface area contributed by atoms with Gasteiger partial charge in [-0.05, 0) is 35.4 Å². The molecule has 1 aromatic carbocycles. The van der Waals surface area contributed by atoms with E-state index in [1.807, 2.05) is 29.6 Å². The molecule has 2 heterocycles. The summed E-state index contributed by atoms with van der Waals surface area (Å²) in [6.07, 6.45) is 1.39. The number of carbonyl (C=O) groups excluding carboxylic acids is 1. The molecule has 1 aliphatic heterocycles. The summed E-state index contributed by atoms with van der Waals surface area (Å²) in [6.45, 7) is 2.11. The van der Waals surface area contributed by atoms with Crippen molar-refractivity contribution in [2.45, 2.75) is 25.8 Å². The van der Waals surface area contributed by atoms with Crippen LogP contribution < -0.4 is 5.32 Å². The molecule has 128 valence electrons. The average molecular weight is 364 g/mol. The molecular formula is C18H21NO3S2. The quantitative estimate of drug-likeness (QED) is 0.888. The van der Waals surface area contributed by atoms with Crippen LogP contribution in [0.5, 0.6) is 0 Å². The van der Waals surface area contributed by atoms with E-state index in [2.05, 4.69) is 24.4 Å². The molecule has 1 aliphatic rings. The first-order valence-electron chi connectivity index (χ1n) is 8.11. The van der Waals surface area contributed by atoms with Gasteiger partial charge < -0.3 is 5.32 Å². The van der Waals surface area contributed by atoms with Crippen LogP contribution in [0.4, 0.5) is 0 Å². The molecule has 2 unspecified atom stereocenters. The molecule has 1 aromatic heterocycles. The topological polar surface area (TPSA) is 63.2 Å². The molecule has 0 bridgehead atoms. The number of rotatable bonds is 5. The molecule has 2 atom stereocenters. The fourth-order valence-electron chi connectivity index (χ4n) is 2.98. The number of hydrogen-bond donors (Lipinski definition) is 1. The van der Waals surface area contributed by atoms with Crippen LogP contribution in [0, 0.1) is 5.92 Å². The Bertz CT molecular complexity index is 795. The highest BCUT2D eigenvalue weighted by atomic mass is 32.2. The van der Waals surface area contributed by atoms with Crippen LogP contribution in [0.1, 0.15) is 35.4 Å². The Morgan fingerprint density at radius 2 is 2.04 bits per heavy atom. The van der Waals surface area contributed by atoms with E-state index in [1.54, 1.807) is 11.3 Å². The summed E-state index contributed by atoms with van der Waals surface area (Å²) in [4.78, 5) is 13.6. The molecule has 2 aromatic rings. The highest BCUT2D eigenvalue weighted by molar-refractivity contribution is 7.91. The van der Waals surface area contributed by atoms with Crippen molar-refractivity contribution in [3.63, 3.8) is 0 Å². The zero-order chi connectivity index (χ0) is 17.2. The Morgan fingerprint density at radius 1 is 1.29 bits per heavy atom. The molecular weight excluding hydrogens is 342 g/mol. The van der Waals surface area contributed by atoms with Gasteiger partial charge in [0.15, 0.2) is 9.84 Å². The second kappa shape index (κ2) is 7.07. The zero-order valence-corrected chi connectivity index (χ0v) is 15.2. The normalized spacial score (nSPS) is 20.6. The second-order valence-electron chi connectivity index (χ2n) is 6.15. The van der Waals surface area contributed by atoms with Crippen molar-refractivity contribution in [1.82, 2.24) is 5.32 Å².